The highest BCUT2D eigenvalue weighted by Gasteiger charge is 2.35. The smallest absolute Gasteiger partial charge is 0.232 e. The molecule has 2 aromatic rings. The van der Waals surface area contributed by atoms with Gasteiger partial charge < -0.3 is 26.5 Å². The minimum atomic E-state index is -0.406. The first-order valence-electron chi connectivity index (χ1n) is 11.6. The molecule has 8 heteroatoms. The number of thiazole rings is 1. The standard InChI is InChI=1S/C14H23N3O2.C12H14N2S/c1-10(2)13(12(16)6-3-7-15)14(19)17-8-4-5-11(17)9-18;1-9-12(15-8-14-9)11-5-3-10(4-6-11)7-13-2/h3,6-7,9-11,13H,4-5,8,15-16H2,1-2H3;3-6,8,13H,7H2,1-2H3/b7-3-,12-6-;. The average molecular weight is 484 g/mol. The maximum Gasteiger partial charge on any atom is 0.232 e. The number of nitrogens with zero attached hydrogens (tertiary/aromatic N) is 2. The summed E-state index contributed by atoms with van der Waals surface area (Å²) in [6.07, 6.45) is 7.09. The molecule has 0 bridgehead atoms. The predicted octanol–water partition coefficient (Wildman–Crippen LogP) is 3.60. The molecule has 1 fully saturated rings. The Labute approximate surface area is 206 Å². The summed E-state index contributed by atoms with van der Waals surface area (Å²) < 4.78 is 0. The van der Waals surface area contributed by atoms with Crippen molar-refractivity contribution in [1.29, 1.82) is 0 Å². The zero-order chi connectivity index (χ0) is 25.1. The summed E-state index contributed by atoms with van der Waals surface area (Å²) in [4.78, 5) is 30.7. The van der Waals surface area contributed by atoms with Gasteiger partial charge in [-0.3, -0.25) is 4.79 Å². The molecule has 1 saturated heterocycles. The maximum atomic E-state index is 12.6. The number of amides is 1. The van der Waals surface area contributed by atoms with E-state index in [1.54, 1.807) is 28.4 Å². The first-order chi connectivity index (χ1) is 16.3. The maximum absolute atomic E-state index is 12.6. The number of hydrogen-bond donors (Lipinski definition) is 3. The molecule has 1 amide bonds. The summed E-state index contributed by atoms with van der Waals surface area (Å²) >= 11 is 1.70. The monoisotopic (exact) mass is 483 g/mol. The number of nitrogens with one attached hydrogen (secondary N) is 1. The molecule has 2 atom stereocenters. The SMILES string of the molecule is CC(C)C(C(=O)N1CCCC1C=O)/C(N)=C/C=C\N.CNCc1ccc(-c2scnc2C)cc1. The van der Waals surface area contributed by atoms with E-state index in [4.69, 9.17) is 11.5 Å². The van der Waals surface area contributed by atoms with Gasteiger partial charge in [-0.15, -0.1) is 11.3 Å². The van der Waals surface area contributed by atoms with Crippen molar-refractivity contribution in [3.05, 3.63) is 65.1 Å². The fraction of sp³-hybridized carbons (Fsp3) is 0.423. The van der Waals surface area contributed by atoms with Gasteiger partial charge in [0.2, 0.25) is 5.91 Å². The summed E-state index contributed by atoms with van der Waals surface area (Å²) in [5.74, 6) is -0.400. The first-order valence-corrected chi connectivity index (χ1v) is 12.5. The van der Waals surface area contributed by atoms with Gasteiger partial charge in [0.05, 0.1) is 28.0 Å². The molecule has 1 aliphatic rings. The fourth-order valence-corrected chi connectivity index (χ4v) is 4.84. The van der Waals surface area contributed by atoms with Crippen molar-refractivity contribution < 1.29 is 9.59 Å². The van der Waals surface area contributed by atoms with Crippen molar-refractivity contribution in [2.24, 2.45) is 23.3 Å². The largest absolute Gasteiger partial charge is 0.405 e. The van der Waals surface area contributed by atoms with Crippen LogP contribution in [0.3, 0.4) is 0 Å². The van der Waals surface area contributed by atoms with Crippen LogP contribution in [0.15, 0.2) is 53.8 Å². The molecular formula is C26H37N5O2S. The number of aryl methyl sites for hydroxylation is 1. The summed E-state index contributed by atoms with van der Waals surface area (Å²) in [6, 6.07) is 8.34. The topological polar surface area (TPSA) is 114 Å². The molecule has 0 radical (unpaired) electrons. The summed E-state index contributed by atoms with van der Waals surface area (Å²) in [7, 11) is 1.96. The van der Waals surface area contributed by atoms with Gasteiger partial charge in [0.1, 0.15) is 6.29 Å². The highest BCUT2D eigenvalue weighted by Crippen LogP contribution is 2.27. The number of aldehydes is 1. The number of aromatic nitrogens is 1. The quantitative estimate of drug-likeness (QED) is 0.390. The van der Waals surface area contributed by atoms with Gasteiger partial charge in [-0.1, -0.05) is 38.1 Å². The number of benzene rings is 1. The number of likely N-dealkylation sites (tertiary alicyclic amines) is 1. The lowest BCUT2D eigenvalue weighted by atomic mass is 9.90. The normalized spacial score (nSPS) is 17.0. The van der Waals surface area contributed by atoms with E-state index in [9.17, 15) is 9.59 Å². The van der Waals surface area contributed by atoms with Gasteiger partial charge >= 0.3 is 0 Å². The lowest BCUT2D eigenvalue weighted by molar-refractivity contribution is -0.138. The van der Waals surface area contributed by atoms with E-state index < -0.39 is 5.92 Å². The molecule has 184 valence electrons. The Kier molecular flexibility index (Phi) is 11.0. The van der Waals surface area contributed by atoms with Crippen LogP contribution in [0.1, 0.15) is 37.9 Å². The van der Waals surface area contributed by atoms with Crippen LogP contribution >= 0.6 is 11.3 Å². The molecule has 34 heavy (non-hydrogen) atoms. The van der Waals surface area contributed by atoms with E-state index >= 15 is 0 Å². The van der Waals surface area contributed by atoms with E-state index in [1.807, 2.05) is 33.3 Å². The second-order valence-electron chi connectivity index (χ2n) is 8.64. The summed E-state index contributed by atoms with van der Waals surface area (Å²) in [6.45, 7) is 7.49. The Morgan fingerprint density at radius 1 is 1.32 bits per heavy atom. The van der Waals surface area contributed by atoms with Gasteiger partial charge in [-0.2, -0.15) is 0 Å². The zero-order valence-electron chi connectivity index (χ0n) is 20.5. The number of carbonyl (C=O) groups excluding carboxylic acids is 2. The number of hydrogen-bond acceptors (Lipinski definition) is 7. The van der Waals surface area contributed by atoms with Crippen LogP contribution < -0.4 is 16.8 Å². The molecule has 3 rings (SSSR count). The average Bonchev–Trinajstić information content (AvgIpc) is 3.47. The summed E-state index contributed by atoms with van der Waals surface area (Å²) in [5, 5.41) is 3.14. The lowest BCUT2D eigenvalue weighted by Gasteiger charge is -2.28. The summed E-state index contributed by atoms with van der Waals surface area (Å²) in [5.41, 5.74) is 17.3. The van der Waals surface area contributed by atoms with Crippen LogP contribution in [0.25, 0.3) is 10.4 Å². The molecule has 5 N–H and O–H groups in total. The van der Waals surface area contributed by atoms with Crippen LogP contribution in [0.2, 0.25) is 0 Å². The number of rotatable bonds is 8. The number of carbonyl (C=O) groups is 2. The zero-order valence-corrected chi connectivity index (χ0v) is 21.3. The number of nitrogens with two attached hydrogens (primary N) is 2. The molecule has 0 saturated carbocycles. The minimum absolute atomic E-state index is 0.0660. The van der Waals surface area contributed by atoms with Crippen molar-refractivity contribution in [3.8, 4) is 10.4 Å². The van der Waals surface area contributed by atoms with E-state index in [-0.39, 0.29) is 17.9 Å². The molecule has 7 nitrogen and oxygen atoms in total. The predicted molar refractivity (Wildman–Crippen MR) is 140 cm³/mol. The van der Waals surface area contributed by atoms with Crippen molar-refractivity contribution in [2.75, 3.05) is 13.6 Å². The van der Waals surface area contributed by atoms with Crippen molar-refractivity contribution >= 4 is 23.5 Å². The third kappa shape index (κ3) is 7.27. The van der Waals surface area contributed by atoms with Crippen LogP contribution in [-0.2, 0) is 16.1 Å². The second kappa shape index (κ2) is 13.7. The van der Waals surface area contributed by atoms with Crippen LogP contribution in [0.5, 0.6) is 0 Å². The van der Waals surface area contributed by atoms with E-state index in [0.29, 0.717) is 12.2 Å². The Bertz CT molecular complexity index is 981. The van der Waals surface area contributed by atoms with Crippen molar-refractivity contribution in [3.63, 3.8) is 0 Å². The molecular weight excluding hydrogens is 446 g/mol. The van der Waals surface area contributed by atoms with Gasteiger partial charge in [-0.05, 0) is 62.2 Å². The van der Waals surface area contributed by atoms with E-state index in [2.05, 4.69) is 34.6 Å². The van der Waals surface area contributed by atoms with E-state index in [1.165, 1.54) is 22.2 Å². The fourth-order valence-electron chi connectivity index (χ4n) is 4.03. The molecule has 2 unspecified atom stereocenters. The van der Waals surface area contributed by atoms with Crippen molar-refractivity contribution in [1.82, 2.24) is 15.2 Å². The molecule has 0 aliphatic carbocycles. The molecule has 1 aromatic heterocycles. The Morgan fingerprint density at radius 3 is 2.56 bits per heavy atom. The van der Waals surface area contributed by atoms with Crippen LogP contribution in [0, 0.1) is 18.8 Å². The van der Waals surface area contributed by atoms with Gasteiger partial charge in [-0.25, -0.2) is 4.98 Å². The van der Waals surface area contributed by atoms with Gasteiger partial charge in [0.25, 0.3) is 0 Å². The number of allylic oxidation sites excluding steroid dienone is 2. The Hall–Kier alpha value is -2.97. The van der Waals surface area contributed by atoms with Crippen LogP contribution in [-0.4, -0.2) is 41.7 Å². The molecule has 2 heterocycles. The van der Waals surface area contributed by atoms with Gasteiger partial charge in [0.15, 0.2) is 0 Å². The highest BCUT2D eigenvalue weighted by atomic mass is 32.1. The molecule has 0 spiro atoms. The highest BCUT2D eigenvalue weighted by molar-refractivity contribution is 7.13. The Balaban J connectivity index is 0.000000246. The Morgan fingerprint density at radius 2 is 2.03 bits per heavy atom. The second-order valence-corrected chi connectivity index (χ2v) is 9.50. The van der Waals surface area contributed by atoms with E-state index in [0.717, 1.165) is 31.4 Å². The molecule has 1 aromatic carbocycles. The van der Waals surface area contributed by atoms with Crippen LogP contribution in [0.4, 0.5) is 0 Å². The van der Waals surface area contributed by atoms with Crippen molar-refractivity contribution in [2.45, 2.75) is 46.2 Å². The third-order valence-corrected chi connectivity index (χ3v) is 6.75. The van der Waals surface area contributed by atoms with Gasteiger partial charge in [0, 0.05) is 18.8 Å². The molecule has 1 aliphatic heterocycles. The lowest BCUT2D eigenvalue weighted by Crippen LogP contribution is -2.43. The minimum Gasteiger partial charge on any atom is -0.405 e. The third-order valence-electron chi connectivity index (χ3n) is 5.77. The first kappa shape index (κ1) is 27.3.